The molecule has 0 radical (unpaired) electrons. The van der Waals surface area contributed by atoms with Crippen LogP contribution in [0.5, 0.6) is 0 Å². The highest BCUT2D eigenvalue weighted by Gasteiger charge is 2.22. The number of carbonyl (C=O) groups is 1. The molecule has 4 aromatic rings. The molecule has 7 heteroatoms. The monoisotopic (exact) mass is 447 g/mol. The molecular weight excluding hydrogens is 426 g/mol. The topological polar surface area (TPSA) is 77.2 Å². The summed E-state index contributed by atoms with van der Waals surface area (Å²) in [7, 11) is 0. The van der Waals surface area contributed by atoms with Gasteiger partial charge in [0.25, 0.3) is 0 Å². The van der Waals surface area contributed by atoms with Crippen LogP contribution in [0, 0.1) is 0 Å². The van der Waals surface area contributed by atoms with Crippen molar-refractivity contribution in [2.45, 2.75) is 19.1 Å². The van der Waals surface area contributed by atoms with Gasteiger partial charge in [-0.25, -0.2) is 0 Å². The van der Waals surface area contributed by atoms with Gasteiger partial charge >= 0.3 is 0 Å². The lowest BCUT2D eigenvalue weighted by molar-refractivity contribution is -0.127. The molecule has 0 aliphatic rings. The smallest absolute Gasteiger partial charge is 0.249 e. The molecule has 1 unspecified atom stereocenters. The van der Waals surface area contributed by atoms with E-state index in [4.69, 9.17) is 20.9 Å². The first-order valence-electron chi connectivity index (χ1n) is 10.2. The average molecular weight is 448 g/mol. The quantitative estimate of drug-likeness (QED) is 0.390. The fraction of sp³-hybridized carbons (Fsp3) is 0.160. The number of rotatable bonds is 9. The van der Waals surface area contributed by atoms with Crippen molar-refractivity contribution in [1.82, 2.24) is 15.5 Å². The maximum Gasteiger partial charge on any atom is 0.249 e. The SMILES string of the molecule is O=C(COCc1ccccc1)NC(Cc1ccccc1)c1nc(-c2cccc(Cl)c2)no1. The van der Waals surface area contributed by atoms with E-state index in [2.05, 4.69) is 15.5 Å². The largest absolute Gasteiger partial charge is 0.367 e. The van der Waals surface area contributed by atoms with Gasteiger partial charge in [0.1, 0.15) is 12.6 Å². The summed E-state index contributed by atoms with van der Waals surface area (Å²) in [4.78, 5) is 17.1. The first-order valence-corrected chi connectivity index (χ1v) is 10.6. The Kier molecular flexibility index (Phi) is 7.27. The summed E-state index contributed by atoms with van der Waals surface area (Å²) in [5.74, 6) is 0.472. The van der Waals surface area contributed by atoms with Gasteiger partial charge in [-0.05, 0) is 23.3 Å². The molecule has 0 saturated heterocycles. The third kappa shape index (κ3) is 6.03. The summed E-state index contributed by atoms with van der Waals surface area (Å²) in [5, 5.41) is 7.61. The highest BCUT2D eigenvalue weighted by molar-refractivity contribution is 6.30. The first kappa shape index (κ1) is 21.7. The zero-order valence-corrected chi connectivity index (χ0v) is 18.0. The van der Waals surface area contributed by atoms with Gasteiger partial charge in [-0.15, -0.1) is 0 Å². The minimum absolute atomic E-state index is 0.0739. The summed E-state index contributed by atoms with van der Waals surface area (Å²) in [6.45, 7) is 0.284. The number of aromatic nitrogens is 2. The van der Waals surface area contributed by atoms with Gasteiger partial charge in [0.2, 0.25) is 17.6 Å². The summed E-state index contributed by atoms with van der Waals surface area (Å²) in [6.07, 6.45) is 0.502. The van der Waals surface area contributed by atoms with E-state index in [0.29, 0.717) is 29.8 Å². The van der Waals surface area contributed by atoms with Crippen LogP contribution in [0.3, 0.4) is 0 Å². The lowest BCUT2D eigenvalue weighted by atomic mass is 10.1. The molecule has 0 saturated carbocycles. The lowest BCUT2D eigenvalue weighted by Crippen LogP contribution is -2.33. The number of amides is 1. The fourth-order valence-electron chi connectivity index (χ4n) is 3.24. The number of nitrogens with one attached hydrogen (secondary N) is 1. The van der Waals surface area contributed by atoms with Crippen molar-refractivity contribution in [3.05, 3.63) is 107 Å². The van der Waals surface area contributed by atoms with E-state index in [1.807, 2.05) is 72.8 Å². The third-order valence-corrected chi connectivity index (χ3v) is 5.02. The molecule has 1 N–H and O–H groups in total. The van der Waals surface area contributed by atoms with Gasteiger partial charge in [0.05, 0.1) is 6.61 Å². The lowest BCUT2D eigenvalue weighted by Gasteiger charge is -2.15. The van der Waals surface area contributed by atoms with Gasteiger partial charge < -0.3 is 14.6 Å². The van der Waals surface area contributed by atoms with Gasteiger partial charge in [-0.2, -0.15) is 4.98 Å². The Morgan fingerprint density at radius 1 is 0.969 bits per heavy atom. The minimum atomic E-state index is -0.495. The number of hydrogen-bond donors (Lipinski definition) is 1. The van der Waals surface area contributed by atoms with Crippen molar-refractivity contribution < 1.29 is 14.1 Å². The number of halogens is 1. The molecule has 162 valence electrons. The van der Waals surface area contributed by atoms with Crippen LogP contribution >= 0.6 is 11.6 Å². The Labute approximate surface area is 191 Å². The minimum Gasteiger partial charge on any atom is -0.367 e. The van der Waals surface area contributed by atoms with E-state index in [9.17, 15) is 4.79 Å². The van der Waals surface area contributed by atoms with E-state index in [1.54, 1.807) is 12.1 Å². The van der Waals surface area contributed by atoms with Gasteiger partial charge in [0, 0.05) is 17.0 Å². The summed E-state index contributed by atoms with van der Waals surface area (Å²) in [6, 6.07) is 26.2. The molecule has 3 aromatic carbocycles. The van der Waals surface area contributed by atoms with Crippen molar-refractivity contribution >= 4 is 17.5 Å². The maximum absolute atomic E-state index is 12.6. The van der Waals surface area contributed by atoms with Crippen molar-refractivity contribution in [2.24, 2.45) is 0 Å². The third-order valence-electron chi connectivity index (χ3n) is 4.79. The van der Waals surface area contributed by atoms with Gasteiger partial charge in [0.15, 0.2) is 0 Å². The van der Waals surface area contributed by atoms with Crippen LogP contribution in [0.25, 0.3) is 11.4 Å². The Balaban J connectivity index is 1.46. The maximum atomic E-state index is 12.6. The predicted octanol–water partition coefficient (Wildman–Crippen LogP) is 5.01. The van der Waals surface area contributed by atoms with Crippen LogP contribution < -0.4 is 5.32 Å². The molecule has 0 bridgehead atoms. The van der Waals surface area contributed by atoms with Crippen molar-refractivity contribution in [2.75, 3.05) is 6.61 Å². The van der Waals surface area contributed by atoms with E-state index < -0.39 is 6.04 Å². The molecule has 6 nitrogen and oxygen atoms in total. The van der Waals surface area contributed by atoms with Gasteiger partial charge in [-0.1, -0.05) is 89.6 Å². The van der Waals surface area contributed by atoms with Crippen LogP contribution in [-0.4, -0.2) is 22.7 Å². The fourth-order valence-corrected chi connectivity index (χ4v) is 3.43. The summed E-state index contributed by atoms with van der Waals surface area (Å²) < 4.78 is 11.1. The van der Waals surface area contributed by atoms with Crippen molar-refractivity contribution in [3.8, 4) is 11.4 Å². The number of carbonyl (C=O) groups excluding carboxylic acids is 1. The molecule has 32 heavy (non-hydrogen) atoms. The first-order chi connectivity index (χ1) is 15.7. The highest BCUT2D eigenvalue weighted by atomic mass is 35.5. The second-order valence-electron chi connectivity index (χ2n) is 7.25. The van der Waals surface area contributed by atoms with Crippen LogP contribution in [0.15, 0.2) is 89.5 Å². The van der Waals surface area contributed by atoms with E-state index in [0.717, 1.165) is 16.7 Å². The Morgan fingerprint density at radius 3 is 2.41 bits per heavy atom. The summed E-state index contributed by atoms with van der Waals surface area (Å²) >= 11 is 6.08. The van der Waals surface area contributed by atoms with Crippen LogP contribution in [0.4, 0.5) is 0 Å². The molecule has 0 aliphatic carbocycles. The number of ether oxygens (including phenoxy) is 1. The van der Waals surface area contributed by atoms with Crippen LogP contribution in [0.2, 0.25) is 5.02 Å². The molecule has 0 aliphatic heterocycles. The standard InChI is InChI=1S/C25H22ClN3O3/c26-21-13-7-12-20(15-21)24-28-25(32-29-24)22(14-18-8-3-1-4-9-18)27-23(30)17-31-16-19-10-5-2-6-11-19/h1-13,15,22H,14,16-17H2,(H,27,30). The van der Waals surface area contributed by atoms with Crippen LogP contribution in [0.1, 0.15) is 23.1 Å². The Hall–Kier alpha value is -3.48. The van der Waals surface area contributed by atoms with Crippen molar-refractivity contribution in [1.29, 1.82) is 0 Å². The van der Waals surface area contributed by atoms with E-state index in [-0.39, 0.29) is 12.5 Å². The second-order valence-corrected chi connectivity index (χ2v) is 7.69. The molecular formula is C25H22ClN3O3. The molecule has 0 spiro atoms. The molecule has 1 aromatic heterocycles. The van der Waals surface area contributed by atoms with E-state index in [1.165, 1.54) is 0 Å². The summed E-state index contributed by atoms with van der Waals surface area (Å²) in [5.41, 5.74) is 2.78. The van der Waals surface area contributed by atoms with Crippen molar-refractivity contribution in [3.63, 3.8) is 0 Å². The van der Waals surface area contributed by atoms with Gasteiger partial charge in [-0.3, -0.25) is 4.79 Å². The Bertz CT molecular complexity index is 1150. The molecule has 4 rings (SSSR count). The van der Waals surface area contributed by atoms with Crippen LogP contribution in [-0.2, 0) is 22.6 Å². The highest BCUT2D eigenvalue weighted by Crippen LogP contribution is 2.23. The zero-order valence-electron chi connectivity index (χ0n) is 17.3. The number of nitrogens with zero attached hydrogens (tertiary/aromatic N) is 2. The zero-order chi connectivity index (χ0) is 22.2. The predicted molar refractivity (Wildman–Crippen MR) is 122 cm³/mol. The molecule has 0 fully saturated rings. The normalized spacial score (nSPS) is 11.8. The average Bonchev–Trinajstić information content (AvgIpc) is 3.31. The van der Waals surface area contributed by atoms with E-state index >= 15 is 0 Å². The molecule has 1 atom stereocenters. The Morgan fingerprint density at radius 2 is 1.69 bits per heavy atom. The second kappa shape index (κ2) is 10.7. The number of hydrogen-bond acceptors (Lipinski definition) is 5. The molecule has 1 amide bonds. The number of benzene rings is 3. The molecule has 1 heterocycles.